The molecule has 1 heterocycles. The Kier molecular flexibility index (Phi) is 4.16. The lowest BCUT2D eigenvalue weighted by atomic mass is 10.1. The molecule has 0 aromatic rings. The number of nitrogens with zero attached hydrogens (tertiary/aromatic N) is 2. The molecular formula is C10H23N3. The Morgan fingerprint density at radius 3 is 2.62 bits per heavy atom. The molecule has 0 saturated carbocycles. The third-order valence-corrected chi connectivity index (χ3v) is 2.83. The summed E-state index contributed by atoms with van der Waals surface area (Å²) in [5, 5.41) is 3.27. The van der Waals surface area contributed by atoms with Crippen molar-refractivity contribution in [3.05, 3.63) is 0 Å². The first-order chi connectivity index (χ1) is 6.15. The first-order valence-electron chi connectivity index (χ1n) is 5.24. The quantitative estimate of drug-likeness (QED) is 0.679. The van der Waals surface area contributed by atoms with Crippen molar-refractivity contribution < 1.29 is 0 Å². The van der Waals surface area contributed by atoms with Gasteiger partial charge in [-0.25, -0.2) is 0 Å². The van der Waals surface area contributed by atoms with Crippen LogP contribution in [0.25, 0.3) is 0 Å². The smallest absolute Gasteiger partial charge is 0.0350 e. The summed E-state index contributed by atoms with van der Waals surface area (Å²) < 4.78 is 0. The average Bonchev–Trinajstić information content (AvgIpc) is 2.04. The number of piperazine rings is 1. The van der Waals surface area contributed by atoms with Crippen LogP contribution in [0.4, 0.5) is 0 Å². The second-order valence-electron chi connectivity index (χ2n) is 4.31. The predicted molar refractivity (Wildman–Crippen MR) is 57.1 cm³/mol. The molecule has 1 aliphatic rings. The highest BCUT2D eigenvalue weighted by Gasteiger charge is 2.25. The van der Waals surface area contributed by atoms with Crippen LogP contribution in [0.2, 0.25) is 0 Å². The van der Waals surface area contributed by atoms with Gasteiger partial charge in [-0.3, -0.25) is 4.90 Å². The van der Waals surface area contributed by atoms with Crippen molar-refractivity contribution in [2.75, 3.05) is 40.3 Å². The van der Waals surface area contributed by atoms with Crippen molar-refractivity contribution in [3.63, 3.8) is 0 Å². The van der Waals surface area contributed by atoms with E-state index < -0.39 is 0 Å². The van der Waals surface area contributed by atoms with Crippen LogP contribution < -0.4 is 5.32 Å². The van der Waals surface area contributed by atoms with E-state index in [-0.39, 0.29) is 0 Å². The monoisotopic (exact) mass is 185 g/mol. The molecule has 1 N–H and O–H groups in total. The predicted octanol–water partition coefficient (Wildman–Crippen LogP) is 0.230. The van der Waals surface area contributed by atoms with Gasteiger partial charge in [0.15, 0.2) is 0 Å². The molecule has 1 fully saturated rings. The van der Waals surface area contributed by atoms with E-state index in [0.717, 1.165) is 6.54 Å². The minimum atomic E-state index is 0.673. The van der Waals surface area contributed by atoms with Gasteiger partial charge in [0.1, 0.15) is 0 Å². The van der Waals surface area contributed by atoms with Gasteiger partial charge in [0.05, 0.1) is 0 Å². The standard InChI is InChI=1S/C10H23N3/c1-9(2)13-6-5-12(4)8-10(13)7-11-3/h9-11H,5-8H2,1-4H3. The fourth-order valence-electron chi connectivity index (χ4n) is 2.12. The minimum absolute atomic E-state index is 0.673. The summed E-state index contributed by atoms with van der Waals surface area (Å²) in [5.74, 6) is 0. The summed E-state index contributed by atoms with van der Waals surface area (Å²) in [6, 6.07) is 1.36. The summed E-state index contributed by atoms with van der Waals surface area (Å²) in [6.07, 6.45) is 0. The van der Waals surface area contributed by atoms with Gasteiger partial charge in [-0.2, -0.15) is 0 Å². The van der Waals surface area contributed by atoms with Gasteiger partial charge in [-0.15, -0.1) is 0 Å². The zero-order valence-corrected chi connectivity index (χ0v) is 9.38. The molecule has 3 nitrogen and oxygen atoms in total. The highest BCUT2D eigenvalue weighted by molar-refractivity contribution is 4.83. The Balaban J connectivity index is 2.50. The molecule has 1 unspecified atom stereocenters. The molecule has 78 valence electrons. The van der Waals surface area contributed by atoms with Crippen LogP contribution in [-0.4, -0.2) is 62.2 Å². The fourth-order valence-corrected chi connectivity index (χ4v) is 2.12. The SMILES string of the molecule is CNCC1CN(C)CCN1C(C)C. The third-order valence-electron chi connectivity index (χ3n) is 2.83. The van der Waals surface area contributed by atoms with Gasteiger partial charge in [0.2, 0.25) is 0 Å². The molecule has 0 bridgehead atoms. The average molecular weight is 185 g/mol. The summed E-state index contributed by atoms with van der Waals surface area (Å²) in [6.45, 7) is 9.28. The Morgan fingerprint density at radius 1 is 1.38 bits per heavy atom. The van der Waals surface area contributed by atoms with Crippen molar-refractivity contribution in [3.8, 4) is 0 Å². The molecule has 0 amide bonds. The van der Waals surface area contributed by atoms with Gasteiger partial charge in [0, 0.05) is 38.3 Å². The molecule has 0 aromatic carbocycles. The molecule has 3 heteroatoms. The number of hydrogen-bond donors (Lipinski definition) is 1. The van der Waals surface area contributed by atoms with Crippen LogP contribution in [0.1, 0.15) is 13.8 Å². The lowest BCUT2D eigenvalue weighted by molar-refractivity contribution is 0.0651. The maximum Gasteiger partial charge on any atom is 0.0350 e. The Morgan fingerprint density at radius 2 is 2.08 bits per heavy atom. The topological polar surface area (TPSA) is 18.5 Å². The van der Waals surface area contributed by atoms with E-state index in [1.807, 2.05) is 7.05 Å². The number of hydrogen-bond acceptors (Lipinski definition) is 3. The zero-order valence-electron chi connectivity index (χ0n) is 9.38. The van der Waals surface area contributed by atoms with E-state index >= 15 is 0 Å². The summed E-state index contributed by atoms with van der Waals surface area (Å²) >= 11 is 0. The molecule has 1 saturated heterocycles. The molecule has 0 radical (unpaired) electrons. The molecule has 0 aromatic heterocycles. The van der Waals surface area contributed by atoms with Crippen LogP contribution in [0.15, 0.2) is 0 Å². The van der Waals surface area contributed by atoms with E-state index in [0.29, 0.717) is 12.1 Å². The summed E-state index contributed by atoms with van der Waals surface area (Å²) in [7, 11) is 4.24. The maximum atomic E-state index is 3.27. The van der Waals surface area contributed by atoms with Crippen LogP contribution in [0.3, 0.4) is 0 Å². The van der Waals surface area contributed by atoms with Gasteiger partial charge < -0.3 is 10.2 Å². The Labute approximate surface area is 82.1 Å². The van der Waals surface area contributed by atoms with Crippen LogP contribution in [0, 0.1) is 0 Å². The van der Waals surface area contributed by atoms with Crippen LogP contribution >= 0.6 is 0 Å². The molecule has 1 aliphatic heterocycles. The largest absolute Gasteiger partial charge is 0.318 e. The molecule has 13 heavy (non-hydrogen) atoms. The van der Waals surface area contributed by atoms with E-state index in [1.54, 1.807) is 0 Å². The van der Waals surface area contributed by atoms with Crippen LogP contribution in [-0.2, 0) is 0 Å². The number of rotatable bonds is 3. The van der Waals surface area contributed by atoms with Crippen molar-refractivity contribution in [2.24, 2.45) is 0 Å². The van der Waals surface area contributed by atoms with Gasteiger partial charge in [0.25, 0.3) is 0 Å². The highest BCUT2D eigenvalue weighted by atomic mass is 15.3. The molecule has 1 atom stereocenters. The lowest BCUT2D eigenvalue weighted by Gasteiger charge is -2.42. The minimum Gasteiger partial charge on any atom is -0.318 e. The van der Waals surface area contributed by atoms with Crippen LogP contribution in [0.5, 0.6) is 0 Å². The van der Waals surface area contributed by atoms with E-state index in [1.165, 1.54) is 19.6 Å². The summed E-state index contributed by atoms with van der Waals surface area (Å²) in [5.41, 5.74) is 0. The molecule has 0 aliphatic carbocycles. The normalized spacial score (nSPS) is 27.0. The number of likely N-dealkylation sites (N-methyl/N-ethyl adjacent to an activating group) is 2. The summed E-state index contributed by atoms with van der Waals surface area (Å²) in [4.78, 5) is 5.01. The first-order valence-corrected chi connectivity index (χ1v) is 5.24. The second kappa shape index (κ2) is 4.94. The van der Waals surface area contributed by atoms with E-state index in [2.05, 4.69) is 36.0 Å². The van der Waals surface area contributed by atoms with Gasteiger partial charge in [-0.1, -0.05) is 0 Å². The van der Waals surface area contributed by atoms with Gasteiger partial charge in [-0.05, 0) is 27.9 Å². The van der Waals surface area contributed by atoms with Crippen molar-refractivity contribution >= 4 is 0 Å². The van der Waals surface area contributed by atoms with Crippen molar-refractivity contribution in [2.45, 2.75) is 25.9 Å². The molecule has 0 spiro atoms. The van der Waals surface area contributed by atoms with Crippen molar-refractivity contribution in [1.29, 1.82) is 0 Å². The lowest BCUT2D eigenvalue weighted by Crippen LogP contribution is -2.57. The maximum absolute atomic E-state index is 3.27. The third kappa shape index (κ3) is 2.93. The Hall–Kier alpha value is -0.120. The molecular weight excluding hydrogens is 162 g/mol. The zero-order chi connectivity index (χ0) is 9.84. The van der Waals surface area contributed by atoms with Crippen molar-refractivity contribution in [1.82, 2.24) is 15.1 Å². The first kappa shape index (κ1) is 11.0. The number of nitrogens with one attached hydrogen (secondary N) is 1. The van der Waals surface area contributed by atoms with E-state index in [9.17, 15) is 0 Å². The molecule has 1 rings (SSSR count). The highest BCUT2D eigenvalue weighted by Crippen LogP contribution is 2.11. The fraction of sp³-hybridized carbons (Fsp3) is 1.00. The Bertz CT molecular complexity index is 147. The van der Waals surface area contributed by atoms with Gasteiger partial charge >= 0.3 is 0 Å². The van der Waals surface area contributed by atoms with E-state index in [4.69, 9.17) is 0 Å². The second-order valence-corrected chi connectivity index (χ2v) is 4.31.